The van der Waals surface area contributed by atoms with Gasteiger partial charge < -0.3 is 37.0 Å². The van der Waals surface area contributed by atoms with Gasteiger partial charge in [0.2, 0.25) is 17.7 Å². The lowest BCUT2D eigenvalue weighted by Gasteiger charge is -2.21. The maximum atomic E-state index is 12.0. The van der Waals surface area contributed by atoms with Crippen LogP contribution in [-0.2, 0) is 28.8 Å². The third-order valence-electron chi connectivity index (χ3n) is 3.23. The van der Waals surface area contributed by atoms with Crippen molar-refractivity contribution in [3.05, 3.63) is 0 Å². The predicted molar refractivity (Wildman–Crippen MR) is 87.3 cm³/mol. The molecule has 0 aromatic heterocycles. The molecule has 0 spiro atoms. The van der Waals surface area contributed by atoms with Crippen LogP contribution in [0, 0.1) is 0 Å². The van der Waals surface area contributed by atoms with E-state index < -0.39 is 72.6 Å². The average molecular weight is 390 g/mol. The second-order valence-electron chi connectivity index (χ2n) is 5.66. The smallest absolute Gasteiger partial charge is 0.326 e. The number of nitrogens with one attached hydrogen (secondary N) is 3. The lowest BCUT2D eigenvalue weighted by molar-refractivity contribution is -0.147. The number of hydrogen-bond acceptors (Lipinski definition) is 7. The summed E-state index contributed by atoms with van der Waals surface area (Å²) in [5.41, 5.74) is 5.35. The normalized spacial score (nSPS) is 14.8. The van der Waals surface area contributed by atoms with E-state index in [2.05, 4.69) is 10.6 Å². The quantitative estimate of drug-likeness (QED) is 0.187. The van der Waals surface area contributed by atoms with Crippen LogP contribution in [0.2, 0.25) is 0 Å². The molecule has 4 atom stereocenters. The number of carboxylic acids is 3. The van der Waals surface area contributed by atoms with Crippen LogP contribution >= 0.6 is 0 Å². The highest BCUT2D eigenvalue weighted by Crippen LogP contribution is 1.96. The van der Waals surface area contributed by atoms with Crippen LogP contribution in [0.1, 0.15) is 26.7 Å². The second kappa shape index (κ2) is 10.7. The van der Waals surface area contributed by atoms with Crippen LogP contribution in [-0.4, -0.2) is 75.1 Å². The standard InChI is InChI=1S/C14H22N4O9/c1-5(17-13(25)7(15)3-9(19)20)11(23)16-6(2)12(24)18-8(14(26)27)4-10(21)22/h5-8H,3-4,15H2,1-2H3,(H,16,23)(H,17,25)(H,18,24)(H,19,20)(H,21,22)(H,26,27). The van der Waals surface area contributed by atoms with E-state index >= 15 is 0 Å². The molecule has 0 rings (SSSR count). The van der Waals surface area contributed by atoms with Gasteiger partial charge >= 0.3 is 17.9 Å². The molecule has 3 amide bonds. The molecule has 0 saturated carbocycles. The predicted octanol–water partition coefficient (Wildman–Crippen LogP) is -3.16. The number of aliphatic carboxylic acids is 3. The number of rotatable bonds is 11. The molecule has 13 heteroatoms. The van der Waals surface area contributed by atoms with E-state index in [1.807, 2.05) is 5.32 Å². The third kappa shape index (κ3) is 9.15. The molecular weight excluding hydrogens is 368 g/mol. The van der Waals surface area contributed by atoms with E-state index in [9.17, 15) is 28.8 Å². The molecule has 0 aromatic rings. The minimum absolute atomic E-state index is 0.640. The SMILES string of the molecule is CC(NC(=O)C(N)CC(=O)O)C(=O)NC(C)C(=O)NC(CC(=O)O)C(=O)O. The first-order valence-electron chi connectivity index (χ1n) is 7.68. The van der Waals surface area contributed by atoms with Gasteiger partial charge in [0.05, 0.1) is 18.9 Å². The van der Waals surface area contributed by atoms with E-state index in [0.29, 0.717) is 0 Å². The first-order chi connectivity index (χ1) is 12.3. The Morgan fingerprint density at radius 1 is 0.741 bits per heavy atom. The number of carbonyl (C=O) groups excluding carboxylic acids is 3. The molecule has 0 fully saturated rings. The molecule has 0 heterocycles. The van der Waals surface area contributed by atoms with Crippen molar-refractivity contribution in [1.82, 2.24) is 16.0 Å². The number of nitrogens with two attached hydrogens (primary N) is 1. The summed E-state index contributed by atoms with van der Waals surface area (Å²) in [6.07, 6.45) is -1.49. The topological polar surface area (TPSA) is 225 Å². The summed E-state index contributed by atoms with van der Waals surface area (Å²) in [6.45, 7) is 2.48. The Bertz CT molecular complexity index is 622. The fourth-order valence-corrected chi connectivity index (χ4v) is 1.74. The highest BCUT2D eigenvalue weighted by molar-refractivity contribution is 5.94. The lowest BCUT2D eigenvalue weighted by Crippen LogP contribution is -2.55. The highest BCUT2D eigenvalue weighted by Gasteiger charge is 2.27. The van der Waals surface area contributed by atoms with Crippen molar-refractivity contribution in [2.45, 2.75) is 50.9 Å². The van der Waals surface area contributed by atoms with Gasteiger partial charge in [0.15, 0.2) is 0 Å². The van der Waals surface area contributed by atoms with Crippen molar-refractivity contribution >= 4 is 35.6 Å². The van der Waals surface area contributed by atoms with Crippen LogP contribution in [0.25, 0.3) is 0 Å². The van der Waals surface area contributed by atoms with Gasteiger partial charge in [0, 0.05) is 0 Å². The van der Waals surface area contributed by atoms with Gasteiger partial charge in [-0.2, -0.15) is 0 Å². The maximum absolute atomic E-state index is 12.0. The Hall–Kier alpha value is -3.22. The number of carboxylic acid groups (broad SMARTS) is 3. The van der Waals surface area contributed by atoms with Gasteiger partial charge in [-0.3, -0.25) is 24.0 Å². The van der Waals surface area contributed by atoms with Gasteiger partial charge in [-0.05, 0) is 13.8 Å². The van der Waals surface area contributed by atoms with Gasteiger partial charge in [-0.25, -0.2) is 4.79 Å². The van der Waals surface area contributed by atoms with Crippen molar-refractivity contribution in [3.63, 3.8) is 0 Å². The van der Waals surface area contributed by atoms with Crippen molar-refractivity contribution in [2.75, 3.05) is 0 Å². The van der Waals surface area contributed by atoms with Gasteiger partial charge in [0.1, 0.15) is 18.1 Å². The second-order valence-corrected chi connectivity index (χ2v) is 5.66. The van der Waals surface area contributed by atoms with Crippen LogP contribution in [0.4, 0.5) is 0 Å². The molecular formula is C14H22N4O9. The number of carbonyl (C=O) groups is 6. The summed E-state index contributed by atoms with van der Waals surface area (Å²) >= 11 is 0. The zero-order valence-electron chi connectivity index (χ0n) is 14.6. The van der Waals surface area contributed by atoms with E-state index in [4.69, 9.17) is 21.1 Å². The van der Waals surface area contributed by atoms with E-state index in [0.717, 1.165) is 0 Å². The van der Waals surface area contributed by atoms with Gasteiger partial charge in [-0.1, -0.05) is 0 Å². The summed E-state index contributed by atoms with van der Waals surface area (Å²) < 4.78 is 0. The monoisotopic (exact) mass is 390 g/mol. The average Bonchev–Trinajstić information content (AvgIpc) is 2.52. The first-order valence-corrected chi connectivity index (χ1v) is 7.68. The van der Waals surface area contributed by atoms with Crippen molar-refractivity contribution in [3.8, 4) is 0 Å². The molecule has 13 nitrogen and oxygen atoms in total. The Morgan fingerprint density at radius 2 is 1.15 bits per heavy atom. The lowest BCUT2D eigenvalue weighted by atomic mass is 10.1. The fraction of sp³-hybridized carbons (Fsp3) is 0.571. The number of hydrogen-bond donors (Lipinski definition) is 7. The van der Waals surface area contributed by atoms with Crippen molar-refractivity contribution in [2.24, 2.45) is 5.73 Å². The van der Waals surface area contributed by atoms with Gasteiger partial charge in [-0.15, -0.1) is 0 Å². The van der Waals surface area contributed by atoms with Crippen LogP contribution in [0.15, 0.2) is 0 Å². The molecule has 0 saturated heterocycles. The van der Waals surface area contributed by atoms with Crippen molar-refractivity contribution in [1.29, 1.82) is 0 Å². The van der Waals surface area contributed by atoms with E-state index in [1.165, 1.54) is 13.8 Å². The molecule has 0 aliphatic carbocycles. The molecule has 27 heavy (non-hydrogen) atoms. The summed E-state index contributed by atoms with van der Waals surface area (Å²) in [7, 11) is 0. The van der Waals surface area contributed by atoms with E-state index in [-0.39, 0.29) is 0 Å². The largest absolute Gasteiger partial charge is 0.481 e. The summed E-state index contributed by atoms with van der Waals surface area (Å²) in [5.74, 6) is -6.94. The highest BCUT2D eigenvalue weighted by atomic mass is 16.4. The summed E-state index contributed by atoms with van der Waals surface area (Å²) in [4.78, 5) is 67.5. The first kappa shape index (κ1) is 23.8. The Labute approximate surface area is 153 Å². The Kier molecular flexibility index (Phi) is 9.42. The minimum Gasteiger partial charge on any atom is -0.481 e. The van der Waals surface area contributed by atoms with Crippen LogP contribution in [0.5, 0.6) is 0 Å². The molecule has 8 N–H and O–H groups in total. The fourth-order valence-electron chi connectivity index (χ4n) is 1.74. The molecule has 0 aliphatic heterocycles. The Morgan fingerprint density at radius 3 is 1.56 bits per heavy atom. The molecule has 4 unspecified atom stereocenters. The zero-order valence-corrected chi connectivity index (χ0v) is 14.6. The summed E-state index contributed by atoms with van der Waals surface area (Å²) in [6, 6.07) is -5.45. The van der Waals surface area contributed by atoms with E-state index in [1.54, 1.807) is 0 Å². The molecule has 0 bridgehead atoms. The maximum Gasteiger partial charge on any atom is 0.326 e. The van der Waals surface area contributed by atoms with Crippen LogP contribution in [0.3, 0.4) is 0 Å². The van der Waals surface area contributed by atoms with Crippen molar-refractivity contribution < 1.29 is 44.1 Å². The summed E-state index contributed by atoms with van der Waals surface area (Å²) in [5, 5.41) is 32.4. The molecule has 0 aromatic carbocycles. The number of amides is 3. The third-order valence-corrected chi connectivity index (χ3v) is 3.23. The zero-order chi connectivity index (χ0) is 21.3. The Balaban J connectivity index is 4.67. The van der Waals surface area contributed by atoms with Crippen LogP contribution < -0.4 is 21.7 Å². The molecule has 0 aliphatic rings. The van der Waals surface area contributed by atoms with Gasteiger partial charge in [0.25, 0.3) is 0 Å². The molecule has 152 valence electrons. The minimum atomic E-state index is -1.68. The molecule has 0 radical (unpaired) electrons.